The van der Waals surface area contributed by atoms with E-state index in [1.54, 1.807) is 0 Å². The smallest absolute Gasteiger partial charge is 0.262 e. The van der Waals surface area contributed by atoms with Crippen LogP contribution < -0.4 is 15.4 Å². The first kappa shape index (κ1) is 21.7. The normalized spacial score (nSPS) is 10.5. The van der Waals surface area contributed by atoms with Gasteiger partial charge in [-0.05, 0) is 64.8 Å². The number of hydrogen-bond donors (Lipinski definition) is 2. The van der Waals surface area contributed by atoms with Crippen LogP contribution in [0.5, 0.6) is 5.75 Å². The first-order valence-corrected chi connectivity index (χ1v) is 10.8. The van der Waals surface area contributed by atoms with E-state index in [1.165, 1.54) is 0 Å². The molecule has 0 fully saturated rings. The van der Waals surface area contributed by atoms with Crippen molar-refractivity contribution in [2.24, 2.45) is 0 Å². The molecule has 3 rings (SSSR count). The minimum absolute atomic E-state index is 0.104. The lowest BCUT2D eigenvalue weighted by atomic mass is 10.2. The Labute approximate surface area is 191 Å². The number of carbonyl (C=O) groups excluding carboxylic acids is 1. The number of nitrogens with one attached hydrogen (secondary N) is 2. The second kappa shape index (κ2) is 10.1. The van der Waals surface area contributed by atoms with Crippen molar-refractivity contribution in [3.63, 3.8) is 0 Å². The van der Waals surface area contributed by atoms with Crippen LogP contribution in [0.25, 0.3) is 0 Å². The summed E-state index contributed by atoms with van der Waals surface area (Å²) in [5, 5.41) is 6.79. The van der Waals surface area contributed by atoms with Crippen molar-refractivity contribution >= 4 is 60.7 Å². The van der Waals surface area contributed by atoms with E-state index in [-0.39, 0.29) is 12.5 Å². The van der Waals surface area contributed by atoms with E-state index < -0.39 is 0 Å². The van der Waals surface area contributed by atoms with Crippen LogP contribution in [0.15, 0.2) is 69.6 Å². The van der Waals surface area contributed by atoms with Crippen LogP contribution in [0.3, 0.4) is 0 Å². The summed E-state index contributed by atoms with van der Waals surface area (Å²) in [6.07, 6.45) is 0. The SMILES string of the molecule is Cc1cccc(NC(=O)COc2c(Br)cc(Br)cc2CNc2ccccc2Cl)c1. The summed E-state index contributed by atoms with van der Waals surface area (Å²) in [7, 11) is 0. The minimum atomic E-state index is -0.226. The molecule has 0 saturated carbocycles. The fraction of sp³-hybridized carbons (Fsp3) is 0.136. The third-order valence-electron chi connectivity index (χ3n) is 4.08. The van der Waals surface area contributed by atoms with E-state index in [9.17, 15) is 4.79 Å². The molecule has 0 bridgehead atoms. The zero-order chi connectivity index (χ0) is 20.8. The van der Waals surface area contributed by atoms with Crippen molar-refractivity contribution < 1.29 is 9.53 Å². The molecule has 0 unspecified atom stereocenters. The second-order valence-electron chi connectivity index (χ2n) is 6.42. The zero-order valence-corrected chi connectivity index (χ0v) is 19.6. The van der Waals surface area contributed by atoms with Crippen LogP contribution in [-0.4, -0.2) is 12.5 Å². The van der Waals surface area contributed by atoms with Crippen molar-refractivity contribution in [2.45, 2.75) is 13.5 Å². The average Bonchev–Trinajstić information content (AvgIpc) is 2.66. The molecular weight excluding hydrogens is 520 g/mol. The molecule has 7 heteroatoms. The highest BCUT2D eigenvalue weighted by atomic mass is 79.9. The van der Waals surface area contributed by atoms with Crippen LogP contribution in [0.1, 0.15) is 11.1 Å². The van der Waals surface area contributed by atoms with Crippen LogP contribution in [-0.2, 0) is 11.3 Å². The highest BCUT2D eigenvalue weighted by Gasteiger charge is 2.13. The van der Waals surface area contributed by atoms with Gasteiger partial charge in [-0.25, -0.2) is 0 Å². The number of aryl methyl sites for hydroxylation is 1. The van der Waals surface area contributed by atoms with Gasteiger partial charge in [0.25, 0.3) is 5.91 Å². The number of benzene rings is 3. The van der Waals surface area contributed by atoms with E-state index in [4.69, 9.17) is 16.3 Å². The predicted molar refractivity (Wildman–Crippen MR) is 126 cm³/mol. The molecule has 0 aliphatic carbocycles. The van der Waals surface area contributed by atoms with Gasteiger partial charge in [-0.15, -0.1) is 0 Å². The molecular formula is C22H19Br2ClN2O2. The third-order valence-corrected chi connectivity index (χ3v) is 5.45. The van der Waals surface area contributed by atoms with Crippen LogP contribution >= 0.6 is 43.5 Å². The minimum Gasteiger partial charge on any atom is -0.482 e. The van der Waals surface area contributed by atoms with Crippen molar-refractivity contribution in [2.75, 3.05) is 17.2 Å². The Hall–Kier alpha value is -2.02. The van der Waals surface area contributed by atoms with E-state index in [0.717, 1.165) is 31.4 Å². The molecule has 3 aromatic carbocycles. The fourth-order valence-electron chi connectivity index (χ4n) is 2.76. The molecule has 0 aliphatic heterocycles. The molecule has 0 saturated heterocycles. The van der Waals surface area contributed by atoms with Crippen LogP contribution in [0.4, 0.5) is 11.4 Å². The van der Waals surface area contributed by atoms with Crippen LogP contribution in [0.2, 0.25) is 5.02 Å². The Kier molecular flexibility index (Phi) is 7.58. The maximum absolute atomic E-state index is 12.3. The Morgan fingerprint density at radius 1 is 1.07 bits per heavy atom. The quantitative estimate of drug-likeness (QED) is 0.348. The average molecular weight is 539 g/mol. The highest BCUT2D eigenvalue weighted by Crippen LogP contribution is 2.34. The monoisotopic (exact) mass is 536 g/mol. The Balaban J connectivity index is 1.69. The molecule has 1 amide bonds. The second-order valence-corrected chi connectivity index (χ2v) is 8.59. The molecule has 0 aliphatic rings. The van der Waals surface area contributed by atoms with Crippen LogP contribution in [0, 0.1) is 6.92 Å². The molecule has 0 atom stereocenters. The Morgan fingerprint density at radius 3 is 2.62 bits per heavy atom. The fourth-order valence-corrected chi connectivity index (χ4v) is 4.39. The van der Waals surface area contributed by atoms with Crippen molar-refractivity contribution in [1.29, 1.82) is 0 Å². The predicted octanol–water partition coefficient (Wildman–Crippen LogP) is 6.80. The number of rotatable bonds is 7. The number of anilines is 2. The number of ether oxygens (including phenoxy) is 1. The van der Waals surface area contributed by atoms with Gasteiger partial charge in [-0.1, -0.05) is 51.8 Å². The lowest BCUT2D eigenvalue weighted by Crippen LogP contribution is -2.21. The molecule has 0 aromatic heterocycles. The summed E-state index contributed by atoms with van der Waals surface area (Å²) in [5.74, 6) is 0.377. The van der Waals surface area contributed by atoms with Gasteiger partial charge in [-0.2, -0.15) is 0 Å². The van der Waals surface area contributed by atoms with Gasteiger partial charge >= 0.3 is 0 Å². The van der Waals surface area contributed by atoms with Gasteiger partial charge in [0, 0.05) is 22.3 Å². The van der Waals surface area contributed by atoms with Gasteiger partial charge in [0.1, 0.15) is 5.75 Å². The molecule has 0 spiro atoms. The summed E-state index contributed by atoms with van der Waals surface area (Å²) >= 11 is 13.2. The number of para-hydroxylation sites is 1. The van der Waals surface area contributed by atoms with Gasteiger partial charge in [0.2, 0.25) is 0 Å². The summed E-state index contributed by atoms with van der Waals surface area (Å²) in [6, 6.07) is 19.0. The highest BCUT2D eigenvalue weighted by molar-refractivity contribution is 9.11. The number of amides is 1. The summed E-state index contributed by atoms with van der Waals surface area (Å²) in [4.78, 5) is 12.3. The largest absolute Gasteiger partial charge is 0.482 e. The van der Waals surface area contributed by atoms with Gasteiger partial charge in [0.05, 0.1) is 15.2 Å². The first-order chi connectivity index (χ1) is 13.9. The Bertz CT molecular complexity index is 1030. The maximum atomic E-state index is 12.3. The molecule has 150 valence electrons. The molecule has 4 nitrogen and oxygen atoms in total. The molecule has 0 heterocycles. The topological polar surface area (TPSA) is 50.4 Å². The number of hydrogen-bond acceptors (Lipinski definition) is 3. The van der Waals surface area contributed by atoms with Gasteiger partial charge in [-0.3, -0.25) is 4.79 Å². The van der Waals surface area contributed by atoms with E-state index in [2.05, 4.69) is 42.5 Å². The summed E-state index contributed by atoms with van der Waals surface area (Å²) in [6.45, 7) is 2.35. The van der Waals surface area contributed by atoms with Crippen molar-refractivity contribution in [3.8, 4) is 5.75 Å². The molecule has 0 radical (unpaired) electrons. The van der Waals surface area contributed by atoms with Gasteiger partial charge < -0.3 is 15.4 Å². The standard InChI is InChI=1S/C22H19Br2ClN2O2/c1-14-5-4-6-17(9-14)27-21(28)13-29-22-15(10-16(23)11-18(22)24)12-26-20-8-3-2-7-19(20)25/h2-11,26H,12-13H2,1H3,(H,27,28). The maximum Gasteiger partial charge on any atom is 0.262 e. The molecule has 2 N–H and O–H groups in total. The van der Waals surface area contributed by atoms with E-state index in [1.807, 2.05) is 67.6 Å². The molecule has 29 heavy (non-hydrogen) atoms. The van der Waals surface area contributed by atoms with Gasteiger partial charge in [0.15, 0.2) is 6.61 Å². The number of halogens is 3. The summed E-state index contributed by atoms with van der Waals surface area (Å²) < 4.78 is 7.51. The lowest BCUT2D eigenvalue weighted by molar-refractivity contribution is -0.118. The third kappa shape index (κ3) is 6.23. The summed E-state index contributed by atoms with van der Waals surface area (Å²) in [5.41, 5.74) is 3.53. The van der Waals surface area contributed by atoms with Crippen molar-refractivity contribution in [1.82, 2.24) is 0 Å². The lowest BCUT2D eigenvalue weighted by Gasteiger charge is -2.16. The zero-order valence-electron chi connectivity index (χ0n) is 15.6. The van der Waals surface area contributed by atoms with Crippen molar-refractivity contribution in [3.05, 3.63) is 85.8 Å². The number of carbonyl (C=O) groups is 1. The first-order valence-electron chi connectivity index (χ1n) is 8.88. The molecule has 3 aromatic rings. The van der Waals surface area contributed by atoms with E-state index >= 15 is 0 Å². The Morgan fingerprint density at radius 2 is 1.86 bits per heavy atom. The van der Waals surface area contributed by atoms with E-state index in [0.29, 0.717) is 17.3 Å².